The topological polar surface area (TPSA) is 15.3 Å². The van der Waals surface area contributed by atoms with Crippen LogP contribution in [0.15, 0.2) is 0 Å². The highest BCUT2D eigenvalue weighted by Gasteiger charge is 2.27. The van der Waals surface area contributed by atoms with E-state index in [1.807, 2.05) is 0 Å². The average molecular weight is 268 g/mol. The number of hydrogen-bond acceptors (Lipinski definition) is 2. The van der Waals surface area contributed by atoms with Crippen molar-refractivity contribution in [2.75, 3.05) is 13.1 Å². The standard InChI is InChI=1S/C17H36N2/c1-7-17(5,6)18-12-15(4)19(13-14(2)3)16-10-8-9-11-16/h14-16,18H,7-13H2,1-6H3. The first kappa shape index (κ1) is 17.0. The lowest BCUT2D eigenvalue weighted by Crippen LogP contribution is -2.51. The van der Waals surface area contributed by atoms with Crippen LogP contribution in [0.4, 0.5) is 0 Å². The molecule has 1 unspecified atom stereocenters. The van der Waals surface area contributed by atoms with Crippen LogP contribution in [0.5, 0.6) is 0 Å². The molecule has 19 heavy (non-hydrogen) atoms. The Bertz CT molecular complexity index is 242. The van der Waals surface area contributed by atoms with Crippen molar-refractivity contribution in [2.24, 2.45) is 5.92 Å². The summed E-state index contributed by atoms with van der Waals surface area (Å²) in [5.41, 5.74) is 0.271. The van der Waals surface area contributed by atoms with Gasteiger partial charge in [0.05, 0.1) is 0 Å². The number of nitrogens with one attached hydrogen (secondary N) is 1. The average Bonchev–Trinajstić information content (AvgIpc) is 2.86. The Kier molecular flexibility index (Phi) is 6.82. The fraction of sp³-hybridized carbons (Fsp3) is 1.00. The molecular formula is C17H36N2. The van der Waals surface area contributed by atoms with Gasteiger partial charge in [0, 0.05) is 30.7 Å². The van der Waals surface area contributed by atoms with E-state index < -0.39 is 0 Å². The Balaban J connectivity index is 2.53. The molecule has 1 atom stereocenters. The maximum absolute atomic E-state index is 3.74. The smallest absolute Gasteiger partial charge is 0.0195 e. The second-order valence-electron chi connectivity index (χ2n) is 7.50. The second-order valence-corrected chi connectivity index (χ2v) is 7.50. The van der Waals surface area contributed by atoms with Gasteiger partial charge in [0.25, 0.3) is 0 Å². The molecule has 0 aromatic rings. The molecule has 0 aromatic heterocycles. The number of rotatable bonds is 8. The molecule has 0 spiro atoms. The van der Waals surface area contributed by atoms with Crippen LogP contribution < -0.4 is 5.32 Å². The maximum Gasteiger partial charge on any atom is 0.0195 e. The molecule has 0 aromatic carbocycles. The Morgan fingerprint density at radius 1 is 1.16 bits per heavy atom. The monoisotopic (exact) mass is 268 g/mol. The van der Waals surface area contributed by atoms with E-state index in [1.165, 1.54) is 38.6 Å². The summed E-state index contributed by atoms with van der Waals surface area (Å²) in [5.74, 6) is 0.766. The minimum absolute atomic E-state index is 0.271. The summed E-state index contributed by atoms with van der Waals surface area (Å²) in [6.45, 7) is 16.3. The summed E-state index contributed by atoms with van der Waals surface area (Å²) in [4.78, 5) is 2.77. The van der Waals surface area contributed by atoms with Crippen molar-refractivity contribution < 1.29 is 0 Å². The molecule has 1 aliphatic carbocycles. The molecule has 1 rings (SSSR count). The van der Waals surface area contributed by atoms with Gasteiger partial charge >= 0.3 is 0 Å². The highest BCUT2D eigenvalue weighted by atomic mass is 15.2. The van der Waals surface area contributed by atoms with Gasteiger partial charge in [-0.25, -0.2) is 0 Å². The molecule has 1 N–H and O–H groups in total. The molecule has 0 bridgehead atoms. The zero-order chi connectivity index (χ0) is 14.5. The van der Waals surface area contributed by atoms with Crippen LogP contribution in [0.25, 0.3) is 0 Å². The van der Waals surface area contributed by atoms with Gasteiger partial charge in [-0.15, -0.1) is 0 Å². The molecule has 0 amide bonds. The first-order valence-corrected chi connectivity index (χ1v) is 8.36. The maximum atomic E-state index is 3.74. The molecular weight excluding hydrogens is 232 g/mol. The molecule has 1 saturated carbocycles. The van der Waals surface area contributed by atoms with Gasteiger partial charge < -0.3 is 5.32 Å². The van der Waals surface area contributed by atoms with Crippen LogP contribution >= 0.6 is 0 Å². The zero-order valence-corrected chi connectivity index (χ0v) is 14.1. The Morgan fingerprint density at radius 3 is 2.21 bits per heavy atom. The van der Waals surface area contributed by atoms with E-state index in [4.69, 9.17) is 0 Å². The van der Waals surface area contributed by atoms with Crippen LogP contribution in [-0.2, 0) is 0 Å². The van der Waals surface area contributed by atoms with Crippen LogP contribution in [0.2, 0.25) is 0 Å². The van der Waals surface area contributed by atoms with Crippen molar-refractivity contribution in [1.29, 1.82) is 0 Å². The molecule has 0 aliphatic heterocycles. The summed E-state index contributed by atoms with van der Waals surface area (Å²) in [7, 11) is 0. The van der Waals surface area contributed by atoms with E-state index >= 15 is 0 Å². The van der Waals surface area contributed by atoms with Crippen molar-refractivity contribution in [1.82, 2.24) is 10.2 Å². The van der Waals surface area contributed by atoms with Gasteiger partial charge in [-0.3, -0.25) is 4.90 Å². The van der Waals surface area contributed by atoms with Crippen LogP contribution in [-0.4, -0.2) is 35.6 Å². The molecule has 0 radical (unpaired) electrons. The minimum Gasteiger partial charge on any atom is -0.310 e. The lowest BCUT2D eigenvalue weighted by molar-refractivity contribution is 0.120. The van der Waals surface area contributed by atoms with Gasteiger partial charge in [0.15, 0.2) is 0 Å². The molecule has 2 heteroatoms. The largest absolute Gasteiger partial charge is 0.310 e. The fourth-order valence-corrected chi connectivity index (χ4v) is 3.01. The first-order chi connectivity index (χ1) is 8.85. The number of hydrogen-bond donors (Lipinski definition) is 1. The summed E-state index contributed by atoms with van der Waals surface area (Å²) >= 11 is 0. The predicted octanol–water partition coefficient (Wildman–Crippen LogP) is 4.05. The van der Waals surface area contributed by atoms with Gasteiger partial charge in [-0.05, 0) is 46.0 Å². The molecule has 0 heterocycles. The van der Waals surface area contributed by atoms with E-state index in [-0.39, 0.29) is 5.54 Å². The highest BCUT2D eigenvalue weighted by molar-refractivity contribution is 4.85. The molecule has 2 nitrogen and oxygen atoms in total. The third kappa shape index (κ3) is 5.83. The third-order valence-corrected chi connectivity index (χ3v) is 4.70. The predicted molar refractivity (Wildman–Crippen MR) is 85.6 cm³/mol. The summed E-state index contributed by atoms with van der Waals surface area (Å²) in [6.07, 6.45) is 6.87. The van der Waals surface area contributed by atoms with Crippen LogP contribution in [0.3, 0.4) is 0 Å². The van der Waals surface area contributed by atoms with Gasteiger partial charge in [-0.2, -0.15) is 0 Å². The Labute approximate surface area is 121 Å². The Hall–Kier alpha value is -0.0800. The lowest BCUT2D eigenvalue weighted by atomic mass is 10.0. The SMILES string of the molecule is CCC(C)(C)NCC(C)N(CC(C)C)C1CCCC1. The van der Waals surface area contributed by atoms with Crippen LogP contribution in [0.1, 0.15) is 73.6 Å². The summed E-state index contributed by atoms with van der Waals surface area (Å²) in [5, 5.41) is 3.74. The zero-order valence-electron chi connectivity index (χ0n) is 14.1. The summed E-state index contributed by atoms with van der Waals surface area (Å²) < 4.78 is 0. The van der Waals surface area contributed by atoms with E-state index in [1.54, 1.807) is 0 Å². The van der Waals surface area contributed by atoms with Gasteiger partial charge in [0.2, 0.25) is 0 Å². The van der Waals surface area contributed by atoms with Crippen molar-refractivity contribution in [3.63, 3.8) is 0 Å². The Morgan fingerprint density at radius 2 is 1.74 bits per heavy atom. The summed E-state index contributed by atoms with van der Waals surface area (Å²) in [6, 6.07) is 1.49. The first-order valence-electron chi connectivity index (χ1n) is 8.36. The normalized spacial score (nSPS) is 19.6. The molecule has 1 fully saturated rings. The van der Waals surface area contributed by atoms with Crippen molar-refractivity contribution in [3.8, 4) is 0 Å². The fourth-order valence-electron chi connectivity index (χ4n) is 3.01. The molecule has 0 saturated heterocycles. The molecule has 1 aliphatic rings. The highest BCUT2D eigenvalue weighted by Crippen LogP contribution is 2.26. The second kappa shape index (κ2) is 7.64. The van der Waals surface area contributed by atoms with Crippen LogP contribution in [0, 0.1) is 5.92 Å². The van der Waals surface area contributed by atoms with Crippen molar-refractivity contribution in [3.05, 3.63) is 0 Å². The van der Waals surface area contributed by atoms with Crippen molar-refractivity contribution >= 4 is 0 Å². The van der Waals surface area contributed by atoms with E-state index in [0.29, 0.717) is 6.04 Å². The van der Waals surface area contributed by atoms with E-state index in [0.717, 1.165) is 18.5 Å². The molecule has 114 valence electrons. The number of nitrogens with zero attached hydrogens (tertiary/aromatic N) is 1. The minimum atomic E-state index is 0.271. The van der Waals surface area contributed by atoms with Gasteiger partial charge in [-0.1, -0.05) is 33.6 Å². The van der Waals surface area contributed by atoms with E-state index in [2.05, 4.69) is 51.8 Å². The van der Waals surface area contributed by atoms with E-state index in [9.17, 15) is 0 Å². The lowest BCUT2D eigenvalue weighted by Gasteiger charge is -2.38. The quantitative estimate of drug-likeness (QED) is 0.714. The van der Waals surface area contributed by atoms with Crippen molar-refractivity contribution in [2.45, 2.75) is 91.3 Å². The third-order valence-electron chi connectivity index (χ3n) is 4.70. The van der Waals surface area contributed by atoms with Gasteiger partial charge in [0.1, 0.15) is 0 Å².